The highest BCUT2D eigenvalue weighted by Crippen LogP contribution is 2.34. The summed E-state index contributed by atoms with van der Waals surface area (Å²) in [5.41, 5.74) is 1.28. The largest absolute Gasteiger partial charge is 0.497 e. The summed E-state index contributed by atoms with van der Waals surface area (Å²) in [6, 6.07) is 11.1. The molecule has 0 bridgehead atoms. The van der Waals surface area contributed by atoms with Crippen LogP contribution in [0.15, 0.2) is 42.6 Å². The number of pyridine rings is 1. The van der Waals surface area contributed by atoms with Crippen molar-refractivity contribution in [3.63, 3.8) is 0 Å². The van der Waals surface area contributed by atoms with Crippen LogP contribution in [0.3, 0.4) is 0 Å². The quantitative estimate of drug-likeness (QED) is 0.603. The Hall–Kier alpha value is -3.09. The number of amides is 1. The molecular formula is C26H35N3O4. The zero-order valence-electron chi connectivity index (χ0n) is 20.5. The number of carbonyl (C=O) groups excluding carboxylic acids is 2. The lowest BCUT2D eigenvalue weighted by atomic mass is 9.86. The number of methoxy groups -OCH3 is 2. The molecule has 1 aromatic heterocycles. The van der Waals surface area contributed by atoms with Gasteiger partial charge in [0.15, 0.2) is 0 Å². The monoisotopic (exact) mass is 453 g/mol. The molecule has 7 nitrogen and oxygen atoms in total. The Morgan fingerprint density at radius 2 is 1.94 bits per heavy atom. The van der Waals surface area contributed by atoms with Crippen LogP contribution in [-0.4, -0.2) is 50.7 Å². The second-order valence-corrected chi connectivity index (χ2v) is 9.86. The van der Waals surface area contributed by atoms with Gasteiger partial charge in [0.2, 0.25) is 0 Å². The molecule has 1 aromatic carbocycles. The summed E-state index contributed by atoms with van der Waals surface area (Å²) >= 11 is 0. The van der Waals surface area contributed by atoms with Crippen LogP contribution in [0, 0.1) is 17.3 Å². The third-order valence-corrected chi connectivity index (χ3v) is 5.99. The molecule has 0 unspecified atom stereocenters. The maximum atomic E-state index is 13.9. The van der Waals surface area contributed by atoms with Crippen molar-refractivity contribution in [3.05, 3.63) is 48.2 Å². The molecule has 33 heavy (non-hydrogen) atoms. The molecule has 2 heterocycles. The molecule has 1 aliphatic heterocycles. The number of aromatic nitrogens is 1. The van der Waals surface area contributed by atoms with E-state index in [4.69, 9.17) is 9.47 Å². The minimum Gasteiger partial charge on any atom is -0.497 e. The molecule has 1 aliphatic rings. The van der Waals surface area contributed by atoms with Gasteiger partial charge in [-0.3, -0.25) is 14.5 Å². The van der Waals surface area contributed by atoms with Crippen molar-refractivity contribution < 1.29 is 19.1 Å². The van der Waals surface area contributed by atoms with Crippen LogP contribution >= 0.6 is 0 Å². The van der Waals surface area contributed by atoms with Gasteiger partial charge >= 0.3 is 5.97 Å². The molecule has 0 aliphatic carbocycles. The number of carbonyl (C=O) groups is 2. The number of ether oxygens (including phenoxy) is 2. The number of nitrogens with zero attached hydrogens (tertiary/aromatic N) is 3. The predicted octanol–water partition coefficient (Wildman–Crippen LogP) is 4.42. The van der Waals surface area contributed by atoms with E-state index < -0.39 is 0 Å². The number of esters is 1. The fraction of sp³-hybridized carbons (Fsp3) is 0.500. The number of anilines is 2. The standard InChI is InChI=1S/C26H35N3O4/c1-18-16-28(14-12-20(18)25(31)33-6)22-15-19(32-5)10-11-21(22)24(30)29(17-26(2,3)4)23-9-7-8-13-27-23/h7-11,13,15,18,20H,12,14,16-17H2,1-6H3/t18-,20-/m0/s1. The first-order valence-corrected chi connectivity index (χ1v) is 11.4. The molecule has 7 heteroatoms. The van der Waals surface area contributed by atoms with E-state index in [0.717, 1.165) is 5.69 Å². The van der Waals surface area contributed by atoms with Gasteiger partial charge in [0.05, 0.1) is 31.4 Å². The van der Waals surface area contributed by atoms with E-state index in [2.05, 4.69) is 37.6 Å². The molecule has 2 atom stereocenters. The molecule has 1 amide bonds. The second-order valence-electron chi connectivity index (χ2n) is 9.86. The molecule has 2 aromatic rings. The van der Waals surface area contributed by atoms with Gasteiger partial charge in [-0.05, 0) is 42.0 Å². The summed E-state index contributed by atoms with van der Waals surface area (Å²) in [5, 5.41) is 0. The predicted molar refractivity (Wildman–Crippen MR) is 130 cm³/mol. The maximum Gasteiger partial charge on any atom is 0.309 e. The highest BCUT2D eigenvalue weighted by Gasteiger charge is 2.34. The molecular weight excluding hydrogens is 418 g/mol. The smallest absolute Gasteiger partial charge is 0.309 e. The fourth-order valence-electron chi connectivity index (χ4n) is 4.34. The van der Waals surface area contributed by atoms with Gasteiger partial charge < -0.3 is 14.4 Å². The third kappa shape index (κ3) is 5.83. The SMILES string of the molecule is COC(=O)[C@H]1CCN(c2cc(OC)ccc2C(=O)N(CC(C)(C)C)c2ccccn2)C[C@@H]1C. The fourth-order valence-corrected chi connectivity index (χ4v) is 4.34. The lowest BCUT2D eigenvalue weighted by Crippen LogP contribution is -2.44. The van der Waals surface area contributed by atoms with Crippen LogP contribution in [0.4, 0.5) is 11.5 Å². The van der Waals surface area contributed by atoms with Gasteiger partial charge in [0, 0.05) is 31.9 Å². The Labute approximate surface area is 196 Å². The molecule has 1 saturated heterocycles. The van der Waals surface area contributed by atoms with Gasteiger partial charge in [-0.2, -0.15) is 0 Å². The molecule has 3 rings (SSSR count). The van der Waals surface area contributed by atoms with Gasteiger partial charge in [-0.25, -0.2) is 4.98 Å². The first-order valence-electron chi connectivity index (χ1n) is 11.4. The van der Waals surface area contributed by atoms with Crippen LogP contribution in [0.1, 0.15) is 44.5 Å². The molecule has 0 spiro atoms. The number of hydrogen-bond acceptors (Lipinski definition) is 6. The van der Waals surface area contributed by atoms with E-state index >= 15 is 0 Å². The summed E-state index contributed by atoms with van der Waals surface area (Å²) in [5.74, 6) is 0.991. The van der Waals surface area contributed by atoms with Crippen LogP contribution in [-0.2, 0) is 9.53 Å². The van der Waals surface area contributed by atoms with Crippen molar-refractivity contribution in [2.75, 3.05) is 43.7 Å². The van der Waals surface area contributed by atoms with Crippen LogP contribution in [0.5, 0.6) is 5.75 Å². The summed E-state index contributed by atoms with van der Waals surface area (Å²) < 4.78 is 10.5. The Kier molecular flexibility index (Phi) is 7.61. The highest BCUT2D eigenvalue weighted by molar-refractivity contribution is 6.09. The van der Waals surface area contributed by atoms with Gasteiger partial charge in [0.25, 0.3) is 5.91 Å². The van der Waals surface area contributed by atoms with E-state index in [1.165, 1.54) is 7.11 Å². The first kappa shape index (κ1) is 24.6. The van der Waals surface area contributed by atoms with Crippen LogP contribution in [0.2, 0.25) is 0 Å². The van der Waals surface area contributed by atoms with Crippen LogP contribution in [0.25, 0.3) is 0 Å². The number of hydrogen-bond donors (Lipinski definition) is 0. The van der Waals surface area contributed by atoms with Crippen LogP contribution < -0.4 is 14.5 Å². The zero-order chi connectivity index (χ0) is 24.2. The summed E-state index contributed by atoms with van der Waals surface area (Å²) in [6.45, 7) is 10.2. The number of piperidine rings is 1. The third-order valence-electron chi connectivity index (χ3n) is 5.99. The second kappa shape index (κ2) is 10.2. The van der Waals surface area contributed by atoms with E-state index in [1.54, 1.807) is 18.2 Å². The van der Waals surface area contributed by atoms with E-state index in [0.29, 0.717) is 43.2 Å². The summed E-state index contributed by atoms with van der Waals surface area (Å²) in [7, 11) is 3.05. The van der Waals surface area contributed by atoms with Gasteiger partial charge in [0.1, 0.15) is 11.6 Å². The zero-order valence-corrected chi connectivity index (χ0v) is 20.5. The number of benzene rings is 1. The molecule has 1 fully saturated rings. The maximum absolute atomic E-state index is 13.9. The van der Waals surface area contributed by atoms with Crippen molar-refractivity contribution >= 4 is 23.4 Å². The van der Waals surface area contributed by atoms with Gasteiger partial charge in [-0.1, -0.05) is 33.8 Å². The van der Waals surface area contributed by atoms with Crippen molar-refractivity contribution in [1.29, 1.82) is 0 Å². The van der Waals surface area contributed by atoms with E-state index in [-0.39, 0.29) is 29.1 Å². The van der Waals surface area contributed by atoms with E-state index in [9.17, 15) is 9.59 Å². The average molecular weight is 454 g/mol. The Morgan fingerprint density at radius 3 is 2.52 bits per heavy atom. The first-order chi connectivity index (χ1) is 15.6. The molecule has 0 N–H and O–H groups in total. The lowest BCUT2D eigenvalue weighted by molar-refractivity contribution is -0.147. The minimum absolute atomic E-state index is 0.0989. The average Bonchev–Trinajstić information content (AvgIpc) is 2.81. The lowest BCUT2D eigenvalue weighted by Gasteiger charge is -2.38. The minimum atomic E-state index is -0.171. The Balaban J connectivity index is 1.99. The van der Waals surface area contributed by atoms with Crippen molar-refractivity contribution in [1.82, 2.24) is 4.98 Å². The number of rotatable bonds is 6. The summed E-state index contributed by atoms with van der Waals surface area (Å²) in [6.07, 6.45) is 2.37. The van der Waals surface area contributed by atoms with Crippen molar-refractivity contribution in [2.24, 2.45) is 17.3 Å². The Bertz CT molecular complexity index is 971. The highest BCUT2D eigenvalue weighted by atomic mass is 16.5. The van der Waals surface area contributed by atoms with E-state index in [1.807, 2.05) is 36.4 Å². The molecule has 0 radical (unpaired) electrons. The van der Waals surface area contributed by atoms with Crippen molar-refractivity contribution in [2.45, 2.75) is 34.1 Å². The normalized spacial score (nSPS) is 18.5. The van der Waals surface area contributed by atoms with Crippen molar-refractivity contribution in [3.8, 4) is 5.75 Å². The Morgan fingerprint density at radius 1 is 1.18 bits per heavy atom. The molecule has 0 saturated carbocycles. The molecule has 178 valence electrons. The summed E-state index contributed by atoms with van der Waals surface area (Å²) in [4.78, 5) is 34.4. The topological polar surface area (TPSA) is 72.0 Å². The van der Waals surface area contributed by atoms with Gasteiger partial charge in [-0.15, -0.1) is 0 Å².